The Hall–Kier alpha value is -3.56. The summed E-state index contributed by atoms with van der Waals surface area (Å²) in [6.45, 7) is 2.53. The van der Waals surface area contributed by atoms with E-state index < -0.39 is 0 Å². The topological polar surface area (TPSA) is 89.5 Å². The molecule has 0 aliphatic rings. The number of aromatic nitrogens is 1. The molecule has 174 valence electrons. The first-order chi connectivity index (χ1) is 16.5. The number of hydrogen-bond acceptors (Lipinski definition) is 7. The highest BCUT2D eigenvalue weighted by Crippen LogP contribution is 2.29. The number of hydrogen-bond donors (Lipinski definition) is 2. The van der Waals surface area contributed by atoms with Gasteiger partial charge >= 0.3 is 0 Å². The largest absolute Gasteiger partial charge is 0.497 e. The maximum absolute atomic E-state index is 12.4. The third-order valence-corrected chi connectivity index (χ3v) is 6.68. The van der Waals surface area contributed by atoms with E-state index in [1.807, 2.05) is 49.4 Å². The smallest absolute Gasteiger partial charge is 0.255 e. The van der Waals surface area contributed by atoms with Crippen molar-refractivity contribution in [3.05, 3.63) is 72.3 Å². The second-order valence-electron chi connectivity index (χ2n) is 7.13. The van der Waals surface area contributed by atoms with Gasteiger partial charge in [0.05, 0.1) is 29.7 Å². The van der Waals surface area contributed by atoms with E-state index in [1.54, 1.807) is 31.4 Å². The summed E-state index contributed by atoms with van der Waals surface area (Å²) in [5, 5.41) is 6.28. The van der Waals surface area contributed by atoms with E-state index >= 15 is 0 Å². The lowest BCUT2D eigenvalue weighted by atomic mass is 10.2. The number of nitrogens with one attached hydrogen (secondary N) is 2. The highest BCUT2D eigenvalue weighted by Gasteiger charge is 2.10. The molecule has 0 aliphatic carbocycles. The van der Waals surface area contributed by atoms with Gasteiger partial charge in [-0.15, -0.1) is 11.8 Å². The van der Waals surface area contributed by atoms with Crippen LogP contribution in [0, 0.1) is 0 Å². The predicted octanol–water partition coefficient (Wildman–Crippen LogP) is 5.69. The molecule has 2 amide bonds. The zero-order valence-corrected chi connectivity index (χ0v) is 20.3. The Balaban J connectivity index is 1.29. The summed E-state index contributed by atoms with van der Waals surface area (Å²) in [7, 11) is 1.56. The van der Waals surface area contributed by atoms with Crippen molar-refractivity contribution >= 4 is 55.9 Å². The number of benzene rings is 3. The van der Waals surface area contributed by atoms with Gasteiger partial charge in [0.2, 0.25) is 5.91 Å². The number of ether oxygens (including phenoxy) is 2. The number of carbonyl (C=O) groups excluding carboxylic acids is 2. The van der Waals surface area contributed by atoms with Crippen LogP contribution in [0.5, 0.6) is 11.5 Å². The van der Waals surface area contributed by atoms with Gasteiger partial charge in [-0.2, -0.15) is 0 Å². The fourth-order valence-electron chi connectivity index (χ4n) is 3.12. The average molecular weight is 494 g/mol. The van der Waals surface area contributed by atoms with Crippen molar-refractivity contribution in [3.8, 4) is 11.5 Å². The number of thiazole rings is 1. The quantitative estimate of drug-likeness (QED) is 0.291. The van der Waals surface area contributed by atoms with Gasteiger partial charge in [-0.05, 0) is 67.6 Å². The Kier molecular flexibility index (Phi) is 7.66. The molecule has 3 aromatic carbocycles. The second kappa shape index (κ2) is 11.0. The van der Waals surface area contributed by atoms with Gasteiger partial charge in [-0.1, -0.05) is 17.4 Å². The lowest BCUT2D eigenvalue weighted by molar-refractivity contribution is -0.113. The van der Waals surface area contributed by atoms with Crippen LogP contribution in [0.25, 0.3) is 10.2 Å². The Bertz CT molecular complexity index is 1310. The normalized spacial score (nSPS) is 10.6. The molecule has 0 bridgehead atoms. The molecule has 0 saturated heterocycles. The van der Waals surface area contributed by atoms with Gasteiger partial charge in [-0.25, -0.2) is 4.98 Å². The van der Waals surface area contributed by atoms with Crippen LogP contribution >= 0.6 is 23.1 Å². The summed E-state index contributed by atoms with van der Waals surface area (Å²) in [5.74, 6) is 1.30. The Labute approximate surface area is 205 Å². The maximum Gasteiger partial charge on any atom is 0.255 e. The Morgan fingerprint density at radius 3 is 2.59 bits per heavy atom. The third kappa shape index (κ3) is 6.06. The van der Waals surface area contributed by atoms with Crippen molar-refractivity contribution < 1.29 is 19.1 Å². The van der Waals surface area contributed by atoms with E-state index in [0.29, 0.717) is 28.7 Å². The SMILES string of the molecule is CCOc1ccc2nc(NC(=O)CSc3ccc(NC(=O)c4cccc(OC)c4)cc3)sc2c1. The molecule has 2 N–H and O–H groups in total. The molecule has 1 heterocycles. The van der Waals surface area contributed by atoms with Gasteiger partial charge in [0.1, 0.15) is 11.5 Å². The van der Waals surface area contributed by atoms with Crippen LogP contribution in [0.2, 0.25) is 0 Å². The first-order valence-electron chi connectivity index (χ1n) is 10.6. The minimum absolute atomic E-state index is 0.135. The number of nitrogens with zero attached hydrogens (tertiary/aromatic N) is 1. The van der Waals surface area contributed by atoms with Crippen LogP contribution < -0.4 is 20.1 Å². The Morgan fingerprint density at radius 1 is 1.00 bits per heavy atom. The molecule has 0 unspecified atom stereocenters. The van der Waals surface area contributed by atoms with Crippen LogP contribution in [-0.4, -0.2) is 36.3 Å². The van der Waals surface area contributed by atoms with Crippen molar-refractivity contribution in [2.24, 2.45) is 0 Å². The van der Waals surface area contributed by atoms with Gasteiger partial charge < -0.3 is 20.1 Å². The molecular weight excluding hydrogens is 470 g/mol. The minimum Gasteiger partial charge on any atom is -0.497 e. The molecular formula is C25H23N3O4S2. The van der Waals surface area contributed by atoms with Gasteiger partial charge in [0.15, 0.2) is 5.13 Å². The number of thioether (sulfide) groups is 1. The monoisotopic (exact) mass is 493 g/mol. The van der Waals surface area contributed by atoms with Crippen molar-refractivity contribution in [1.29, 1.82) is 0 Å². The number of amides is 2. The van der Waals surface area contributed by atoms with E-state index in [2.05, 4.69) is 15.6 Å². The zero-order valence-electron chi connectivity index (χ0n) is 18.7. The first kappa shape index (κ1) is 23.6. The van der Waals surface area contributed by atoms with E-state index in [-0.39, 0.29) is 17.6 Å². The molecule has 7 nitrogen and oxygen atoms in total. The first-order valence-corrected chi connectivity index (χ1v) is 12.4. The van der Waals surface area contributed by atoms with Gasteiger partial charge in [0, 0.05) is 16.1 Å². The summed E-state index contributed by atoms with van der Waals surface area (Å²) < 4.78 is 11.6. The molecule has 0 fully saturated rings. The lowest BCUT2D eigenvalue weighted by Gasteiger charge is -2.08. The van der Waals surface area contributed by atoms with E-state index in [0.717, 1.165) is 20.9 Å². The molecule has 0 atom stereocenters. The minimum atomic E-state index is -0.220. The van der Waals surface area contributed by atoms with E-state index in [4.69, 9.17) is 9.47 Å². The van der Waals surface area contributed by atoms with Crippen molar-refractivity contribution in [2.75, 3.05) is 30.1 Å². The summed E-state index contributed by atoms with van der Waals surface area (Å²) in [6.07, 6.45) is 0. The highest BCUT2D eigenvalue weighted by atomic mass is 32.2. The van der Waals surface area contributed by atoms with Crippen molar-refractivity contribution in [2.45, 2.75) is 11.8 Å². The van der Waals surface area contributed by atoms with Crippen molar-refractivity contribution in [1.82, 2.24) is 4.98 Å². The van der Waals surface area contributed by atoms with Gasteiger partial charge in [-0.3, -0.25) is 9.59 Å². The van der Waals surface area contributed by atoms with Gasteiger partial charge in [0.25, 0.3) is 5.91 Å². The molecule has 0 spiro atoms. The van der Waals surface area contributed by atoms with Crippen molar-refractivity contribution in [3.63, 3.8) is 0 Å². The second-order valence-corrected chi connectivity index (χ2v) is 9.21. The molecule has 4 rings (SSSR count). The standard InChI is InChI=1S/C25H23N3O4S2/c1-3-32-19-9-12-21-22(14-19)34-25(27-21)28-23(29)15-33-20-10-7-17(8-11-20)26-24(30)16-5-4-6-18(13-16)31-2/h4-14H,3,15H2,1-2H3,(H,26,30)(H,27,28,29). The molecule has 4 aromatic rings. The summed E-state index contributed by atoms with van der Waals surface area (Å²) in [4.78, 5) is 30.2. The summed E-state index contributed by atoms with van der Waals surface area (Å²) >= 11 is 2.82. The summed E-state index contributed by atoms with van der Waals surface area (Å²) in [6, 6.07) is 20.0. The zero-order chi connectivity index (χ0) is 23.9. The van der Waals surface area contributed by atoms with E-state index in [9.17, 15) is 9.59 Å². The molecule has 34 heavy (non-hydrogen) atoms. The van der Waals surface area contributed by atoms with Crippen LogP contribution in [0.1, 0.15) is 17.3 Å². The fourth-order valence-corrected chi connectivity index (χ4v) is 4.73. The number of rotatable bonds is 9. The van der Waals surface area contributed by atoms with E-state index in [1.165, 1.54) is 23.1 Å². The van der Waals surface area contributed by atoms with Crippen LogP contribution in [0.15, 0.2) is 71.6 Å². The third-order valence-electron chi connectivity index (χ3n) is 4.73. The summed E-state index contributed by atoms with van der Waals surface area (Å²) in [5.41, 5.74) is 2.00. The molecule has 0 aliphatic heterocycles. The molecule has 9 heteroatoms. The predicted molar refractivity (Wildman–Crippen MR) is 138 cm³/mol. The maximum atomic E-state index is 12.4. The van der Waals surface area contributed by atoms with Crippen LogP contribution in [0.4, 0.5) is 10.8 Å². The van der Waals surface area contributed by atoms with Crippen LogP contribution in [-0.2, 0) is 4.79 Å². The highest BCUT2D eigenvalue weighted by molar-refractivity contribution is 8.00. The fraction of sp³-hybridized carbons (Fsp3) is 0.160. The van der Waals surface area contributed by atoms with Crippen LogP contribution in [0.3, 0.4) is 0 Å². The number of carbonyl (C=O) groups is 2. The number of fused-ring (bicyclic) bond motifs is 1. The molecule has 0 radical (unpaired) electrons. The lowest BCUT2D eigenvalue weighted by Crippen LogP contribution is -2.13. The average Bonchev–Trinajstić information content (AvgIpc) is 3.25. The Morgan fingerprint density at radius 2 is 1.82 bits per heavy atom. The number of anilines is 2. The number of methoxy groups -OCH3 is 1. The molecule has 0 saturated carbocycles. The molecule has 1 aromatic heterocycles.